The van der Waals surface area contributed by atoms with Crippen LogP contribution in [0.1, 0.15) is 36.7 Å². The first-order valence-corrected chi connectivity index (χ1v) is 8.05. The maximum absolute atomic E-state index is 12.5. The smallest absolute Gasteiger partial charge is 0.239 e. The average molecular weight is 338 g/mol. The molecule has 0 saturated heterocycles. The molecule has 5 nitrogen and oxygen atoms in total. The standard InChI is InChI=1S/C20H22N2O3/c1-14(23)16-9-11-17(12-10-16)22-19(25)20(2,3)18(24)21-13-15-7-5-4-6-8-15/h4-12H,13H2,1-3H3,(H,21,24)(H,22,25). The summed E-state index contributed by atoms with van der Waals surface area (Å²) in [6.07, 6.45) is 0. The maximum Gasteiger partial charge on any atom is 0.239 e. The van der Waals surface area contributed by atoms with Crippen LogP contribution in [0.15, 0.2) is 54.6 Å². The van der Waals surface area contributed by atoms with Crippen LogP contribution >= 0.6 is 0 Å². The zero-order valence-corrected chi connectivity index (χ0v) is 14.6. The van der Waals surface area contributed by atoms with Gasteiger partial charge in [-0.25, -0.2) is 0 Å². The van der Waals surface area contributed by atoms with Gasteiger partial charge in [-0.3, -0.25) is 14.4 Å². The molecular formula is C20H22N2O3. The Hall–Kier alpha value is -2.95. The molecule has 2 aromatic carbocycles. The fourth-order valence-electron chi connectivity index (χ4n) is 2.18. The summed E-state index contributed by atoms with van der Waals surface area (Å²) in [6.45, 7) is 5.00. The largest absolute Gasteiger partial charge is 0.351 e. The van der Waals surface area contributed by atoms with Gasteiger partial charge in [0.15, 0.2) is 5.78 Å². The van der Waals surface area contributed by atoms with Gasteiger partial charge in [0.2, 0.25) is 11.8 Å². The molecule has 130 valence electrons. The highest BCUT2D eigenvalue weighted by Gasteiger charge is 2.35. The van der Waals surface area contributed by atoms with Crippen LogP contribution in [0.5, 0.6) is 0 Å². The van der Waals surface area contributed by atoms with Crippen LogP contribution < -0.4 is 10.6 Å². The minimum atomic E-state index is -1.23. The SMILES string of the molecule is CC(=O)c1ccc(NC(=O)C(C)(C)C(=O)NCc2ccccc2)cc1. The number of anilines is 1. The molecule has 0 heterocycles. The lowest BCUT2D eigenvalue weighted by atomic mass is 9.90. The lowest BCUT2D eigenvalue weighted by Crippen LogP contribution is -2.44. The van der Waals surface area contributed by atoms with Crippen molar-refractivity contribution in [1.82, 2.24) is 5.32 Å². The molecule has 0 atom stereocenters. The Morgan fingerprint density at radius 3 is 2.04 bits per heavy atom. The van der Waals surface area contributed by atoms with E-state index in [1.807, 2.05) is 30.3 Å². The van der Waals surface area contributed by atoms with E-state index in [0.717, 1.165) is 5.56 Å². The van der Waals surface area contributed by atoms with Gasteiger partial charge in [0.25, 0.3) is 0 Å². The summed E-state index contributed by atoms with van der Waals surface area (Å²) in [5, 5.41) is 5.50. The van der Waals surface area contributed by atoms with E-state index in [-0.39, 0.29) is 11.7 Å². The Balaban J connectivity index is 1.98. The summed E-state index contributed by atoms with van der Waals surface area (Å²) in [4.78, 5) is 36.1. The number of rotatable bonds is 6. The second-order valence-electron chi connectivity index (χ2n) is 6.38. The molecule has 2 N–H and O–H groups in total. The van der Waals surface area contributed by atoms with Crippen molar-refractivity contribution in [3.8, 4) is 0 Å². The number of nitrogens with one attached hydrogen (secondary N) is 2. The van der Waals surface area contributed by atoms with Crippen molar-refractivity contribution in [2.75, 3.05) is 5.32 Å². The third kappa shape index (κ3) is 4.76. The summed E-state index contributed by atoms with van der Waals surface area (Å²) in [6, 6.07) is 16.1. The average Bonchev–Trinajstić information content (AvgIpc) is 2.60. The number of carbonyl (C=O) groups is 3. The third-order valence-corrected chi connectivity index (χ3v) is 3.98. The number of amides is 2. The molecule has 0 bridgehead atoms. The van der Waals surface area contributed by atoms with Crippen LogP contribution in [0.25, 0.3) is 0 Å². The number of ketones is 1. The number of Topliss-reactive ketones (excluding diaryl/α,β-unsaturated/α-hetero) is 1. The van der Waals surface area contributed by atoms with Crippen LogP contribution in [0.4, 0.5) is 5.69 Å². The summed E-state index contributed by atoms with van der Waals surface area (Å²) >= 11 is 0. The Morgan fingerprint density at radius 1 is 0.880 bits per heavy atom. The van der Waals surface area contributed by atoms with Gasteiger partial charge in [0, 0.05) is 17.8 Å². The van der Waals surface area contributed by atoms with Crippen LogP contribution in [0.3, 0.4) is 0 Å². The highest BCUT2D eigenvalue weighted by atomic mass is 16.2. The molecule has 0 saturated carbocycles. The van der Waals surface area contributed by atoms with Crippen LogP contribution in [0, 0.1) is 5.41 Å². The van der Waals surface area contributed by atoms with Gasteiger partial charge < -0.3 is 10.6 Å². The van der Waals surface area contributed by atoms with Crippen LogP contribution in [-0.4, -0.2) is 17.6 Å². The Bertz CT molecular complexity index is 765. The Kier molecular flexibility index (Phi) is 5.70. The number of hydrogen-bond acceptors (Lipinski definition) is 3. The van der Waals surface area contributed by atoms with E-state index >= 15 is 0 Å². The third-order valence-electron chi connectivity index (χ3n) is 3.98. The van der Waals surface area contributed by atoms with Crippen LogP contribution in [-0.2, 0) is 16.1 Å². The number of carbonyl (C=O) groups excluding carboxylic acids is 3. The van der Waals surface area contributed by atoms with E-state index < -0.39 is 11.3 Å². The van der Waals surface area contributed by atoms with Crippen LogP contribution in [0.2, 0.25) is 0 Å². The molecule has 0 aliphatic heterocycles. The van der Waals surface area contributed by atoms with Crippen molar-refractivity contribution in [3.63, 3.8) is 0 Å². The predicted molar refractivity (Wildman–Crippen MR) is 97.1 cm³/mol. The molecule has 0 unspecified atom stereocenters. The maximum atomic E-state index is 12.5. The Morgan fingerprint density at radius 2 is 1.48 bits per heavy atom. The number of hydrogen-bond donors (Lipinski definition) is 2. The molecule has 0 radical (unpaired) electrons. The molecule has 0 aromatic heterocycles. The topological polar surface area (TPSA) is 75.3 Å². The van der Waals surface area contributed by atoms with E-state index in [9.17, 15) is 14.4 Å². The van der Waals surface area contributed by atoms with Crippen molar-refractivity contribution in [3.05, 3.63) is 65.7 Å². The second kappa shape index (κ2) is 7.75. The molecule has 0 aliphatic rings. The predicted octanol–water partition coefficient (Wildman–Crippen LogP) is 3.17. The first-order chi connectivity index (χ1) is 11.8. The molecule has 5 heteroatoms. The van der Waals surface area contributed by atoms with E-state index in [0.29, 0.717) is 17.8 Å². The van der Waals surface area contributed by atoms with Gasteiger partial charge in [0.1, 0.15) is 5.41 Å². The van der Waals surface area contributed by atoms with Crippen molar-refractivity contribution in [2.45, 2.75) is 27.3 Å². The molecule has 0 aliphatic carbocycles. The second-order valence-corrected chi connectivity index (χ2v) is 6.38. The zero-order valence-electron chi connectivity index (χ0n) is 14.6. The molecule has 0 fully saturated rings. The molecule has 25 heavy (non-hydrogen) atoms. The molecule has 2 amide bonds. The van der Waals surface area contributed by atoms with E-state index in [4.69, 9.17) is 0 Å². The summed E-state index contributed by atoms with van der Waals surface area (Å²) < 4.78 is 0. The molecule has 2 rings (SSSR count). The van der Waals surface area contributed by atoms with Crippen molar-refractivity contribution >= 4 is 23.3 Å². The molecule has 0 spiro atoms. The van der Waals surface area contributed by atoms with Gasteiger partial charge in [0.05, 0.1) is 0 Å². The van der Waals surface area contributed by atoms with Gasteiger partial charge in [-0.05, 0) is 50.6 Å². The van der Waals surface area contributed by atoms with Gasteiger partial charge >= 0.3 is 0 Å². The summed E-state index contributed by atoms with van der Waals surface area (Å²) in [7, 11) is 0. The van der Waals surface area contributed by atoms with E-state index in [1.165, 1.54) is 6.92 Å². The van der Waals surface area contributed by atoms with Gasteiger partial charge in [-0.15, -0.1) is 0 Å². The first-order valence-electron chi connectivity index (χ1n) is 8.05. The lowest BCUT2D eigenvalue weighted by Gasteiger charge is -2.22. The van der Waals surface area contributed by atoms with Crippen molar-refractivity contribution in [2.24, 2.45) is 5.41 Å². The normalized spacial score (nSPS) is 10.8. The minimum Gasteiger partial charge on any atom is -0.351 e. The fraction of sp³-hybridized carbons (Fsp3) is 0.250. The van der Waals surface area contributed by atoms with Gasteiger partial charge in [-0.2, -0.15) is 0 Å². The molecule has 2 aromatic rings. The zero-order chi connectivity index (χ0) is 18.4. The number of benzene rings is 2. The first kappa shape index (κ1) is 18.4. The molecular weight excluding hydrogens is 316 g/mol. The highest BCUT2D eigenvalue weighted by molar-refractivity contribution is 6.10. The van der Waals surface area contributed by atoms with E-state index in [1.54, 1.807) is 38.1 Å². The van der Waals surface area contributed by atoms with Gasteiger partial charge in [-0.1, -0.05) is 30.3 Å². The summed E-state index contributed by atoms with van der Waals surface area (Å²) in [5.41, 5.74) is 0.845. The van der Waals surface area contributed by atoms with Crippen molar-refractivity contribution in [1.29, 1.82) is 0 Å². The van der Waals surface area contributed by atoms with Crippen molar-refractivity contribution < 1.29 is 14.4 Å². The minimum absolute atomic E-state index is 0.0431. The monoisotopic (exact) mass is 338 g/mol. The Labute approximate surface area is 147 Å². The van der Waals surface area contributed by atoms with E-state index in [2.05, 4.69) is 10.6 Å². The fourth-order valence-corrected chi connectivity index (χ4v) is 2.18. The highest BCUT2D eigenvalue weighted by Crippen LogP contribution is 2.20. The summed E-state index contributed by atoms with van der Waals surface area (Å²) in [5.74, 6) is -0.804. The lowest BCUT2D eigenvalue weighted by molar-refractivity contribution is -0.138. The quantitative estimate of drug-likeness (QED) is 0.627.